The molecule has 0 saturated heterocycles. The lowest BCUT2D eigenvalue weighted by atomic mass is 10.1. The quantitative estimate of drug-likeness (QED) is 0.363. The molecule has 3 N–H and O–H groups in total. The molecule has 1 aromatic rings. The highest BCUT2D eigenvalue weighted by atomic mass is 16.4. The topological polar surface area (TPSA) is 61.8 Å². The highest BCUT2D eigenvalue weighted by Gasteiger charge is 2.25. The summed E-state index contributed by atoms with van der Waals surface area (Å²) in [5, 5.41) is 12.0. The van der Waals surface area contributed by atoms with E-state index in [-0.39, 0.29) is 5.84 Å². The Balaban J connectivity index is 2.38. The molecule has 1 aliphatic rings. The molecule has 1 saturated carbocycles. The maximum atomic E-state index is 8.90. The number of nitrogens with two attached hydrogens (primary N) is 1. The van der Waals surface area contributed by atoms with Crippen LogP contribution in [0.4, 0.5) is 5.69 Å². The van der Waals surface area contributed by atoms with Crippen LogP contribution in [0.2, 0.25) is 0 Å². The second kappa shape index (κ2) is 5.29. The molecule has 0 bridgehead atoms. The van der Waals surface area contributed by atoms with Gasteiger partial charge in [0.15, 0.2) is 5.84 Å². The lowest BCUT2D eigenvalue weighted by Gasteiger charge is -2.27. The summed E-state index contributed by atoms with van der Waals surface area (Å²) >= 11 is 0. The first-order chi connectivity index (χ1) is 8.67. The molecule has 4 nitrogen and oxygen atoms in total. The van der Waals surface area contributed by atoms with E-state index >= 15 is 0 Å². The maximum absolute atomic E-state index is 8.90. The van der Waals surface area contributed by atoms with Gasteiger partial charge in [-0.05, 0) is 44.2 Å². The Labute approximate surface area is 108 Å². The number of hydrogen-bond acceptors (Lipinski definition) is 3. The van der Waals surface area contributed by atoms with Crippen LogP contribution in [0.5, 0.6) is 0 Å². The smallest absolute Gasteiger partial charge is 0.172 e. The largest absolute Gasteiger partial charge is 0.409 e. The number of anilines is 1. The predicted molar refractivity (Wildman–Crippen MR) is 74.3 cm³/mol. The molecule has 1 aromatic carbocycles. The third-order valence-corrected chi connectivity index (χ3v) is 3.49. The van der Waals surface area contributed by atoms with Gasteiger partial charge in [-0.2, -0.15) is 0 Å². The molecule has 0 aromatic heterocycles. The number of oxime groups is 1. The molecular formula is C14H21N3O. The minimum atomic E-state index is 0.183. The third kappa shape index (κ3) is 2.58. The van der Waals surface area contributed by atoms with Crippen LogP contribution in [-0.2, 0) is 0 Å². The highest BCUT2D eigenvalue weighted by molar-refractivity contribution is 6.02. The Kier molecular flexibility index (Phi) is 3.75. The van der Waals surface area contributed by atoms with E-state index < -0.39 is 0 Å². The van der Waals surface area contributed by atoms with Crippen molar-refractivity contribution in [1.29, 1.82) is 0 Å². The summed E-state index contributed by atoms with van der Waals surface area (Å²) in [4.78, 5) is 2.33. The lowest BCUT2D eigenvalue weighted by Crippen LogP contribution is -2.29. The normalized spacial score (nSPS) is 15.8. The van der Waals surface area contributed by atoms with Crippen molar-refractivity contribution in [3.05, 3.63) is 29.3 Å². The molecule has 0 aliphatic heterocycles. The average Bonchev–Trinajstić information content (AvgIpc) is 3.19. The first-order valence-corrected chi connectivity index (χ1v) is 6.49. The molecule has 18 heavy (non-hydrogen) atoms. The van der Waals surface area contributed by atoms with Crippen molar-refractivity contribution >= 4 is 11.5 Å². The van der Waals surface area contributed by atoms with E-state index in [1.807, 2.05) is 12.1 Å². The number of benzene rings is 1. The van der Waals surface area contributed by atoms with Crippen LogP contribution < -0.4 is 10.6 Å². The fraction of sp³-hybridized carbons (Fsp3) is 0.500. The minimum absolute atomic E-state index is 0.183. The summed E-state index contributed by atoms with van der Waals surface area (Å²) in [6.45, 7) is 6.21. The number of para-hydroxylation sites is 1. The second-order valence-corrected chi connectivity index (χ2v) is 4.94. The Hall–Kier alpha value is -1.71. The molecule has 0 unspecified atom stereocenters. The van der Waals surface area contributed by atoms with Crippen molar-refractivity contribution in [3.8, 4) is 0 Å². The number of hydrogen-bond donors (Lipinski definition) is 2. The van der Waals surface area contributed by atoms with Crippen LogP contribution in [0.15, 0.2) is 23.4 Å². The predicted octanol–water partition coefficient (Wildman–Crippen LogP) is 2.33. The summed E-state index contributed by atoms with van der Waals surface area (Å²) < 4.78 is 0. The van der Waals surface area contributed by atoms with Gasteiger partial charge in [-0.1, -0.05) is 17.3 Å². The Morgan fingerprint density at radius 1 is 1.50 bits per heavy atom. The zero-order valence-electron chi connectivity index (χ0n) is 11.1. The van der Waals surface area contributed by atoms with Crippen LogP contribution in [0.25, 0.3) is 0 Å². The van der Waals surface area contributed by atoms with Crippen molar-refractivity contribution in [2.24, 2.45) is 16.8 Å². The summed E-state index contributed by atoms with van der Waals surface area (Å²) in [5.41, 5.74) is 8.86. The standard InChI is InChI=1S/C14H21N3O/c1-3-17(9-11-7-8-11)13-10(2)5-4-6-12(13)14(15)16-18/h4-6,11,18H,3,7-9H2,1-2H3,(H2,15,16). The third-order valence-electron chi connectivity index (χ3n) is 3.49. The van der Waals surface area contributed by atoms with Gasteiger partial charge in [0.2, 0.25) is 0 Å². The fourth-order valence-corrected chi connectivity index (χ4v) is 2.33. The van der Waals surface area contributed by atoms with Gasteiger partial charge >= 0.3 is 0 Å². The Bertz CT molecular complexity index is 452. The van der Waals surface area contributed by atoms with E-state index in [2.05, 4.69) is 30.0 Å². The Morgan fingerprint density at radius 2 is 2.22 bits per heavy atom. The van der Waals surface area contributed by atoms with Crippen molar-refractivity contribution in [1.82, 2.24) is 0 Å². The first kappa shape index (κ1) is 12.7. The van der Waals surface area contributed by atoms with Crippen LogP contribution in [0.1, 0.15) is 30.9 Å². The van der Waals surface area contributed by atoms with E-state index in [9.17, 15) is 0 Å². The molecule has 0 amide bonds. The summed E-state index contributed by atoms with van der Waals surface area (Å²) in [6.07, 6.45) is 2.64. The van der Waals surface area contributed by atoms with E-state index in [4.69, 9.17) is 10.9 Å². The van der Waals surface area contributed by atoms with Gasteiger partial charge < -0.3 is 15.8 Å². The lowest BCUT2D eigenvalue weighted by molar-refractivity contribution is 0.318. The SMILES string of the molecule is CCN(CC1CC1)c1c(C)cccc1/C(N)=N/O. The van der Waals surface area contributed by atoms with E-state index in [1.54, 1.807) is 0 Å². The van der Waals surface area contributed by atoms with Gasteiger partial charge in [0.25, 0.3) is 0 Å². The fourth-order valence-electron chi connectivity index (χ4n) is 2.33. The molecule has 0 heterocycles. The monoisotopic (exact) mass is 247 g/mol. The van der Waals surface area contributed by atoms with E-state index in [0.29, 0.717) is 0 Å². The van der Waals surface area contributed by atoms with Crippen LogP contribution in [-0.4, -0.2) is 24.1 Å². The molecule has 2 rings (SSSR count). The van der Waals surface area contributed by atoms with Gasteiger partial charge in [0.1, 0.15) is 0 Å². The Morgan fingerprint density at radius 3 is 2.78 bits per heavy atom. The summed E-state index contributed by atoms with van der Waals surface area (Å²) in [5.74, 6) is 0.993. The minimum Gasteiger partial charge on any atom is -0.409 e. The summed E-state index contributed by atoms with van der Waals surface area (Å²) in [7, 11) is 0. The molecule has 1 aliphatic carbocycles. The summed E-state index contributed by atoms with van der Waals surface area (Å²) in [6, 6.07) is 5.92. The molecule has 0 atom stereocenters. The second-order valence-electron chi connectivity index (χ2n) is 4.94. The first-order valence-electron chi connectivity index (χ1n) is 6.49. The highest BCUT2D eigenvalue weighted by Crippen LogP contribution is 2.33. The molecular weight excluding hydrogens is 226 g/mol. The van der Waals surface area contributed by atoms with Crippen LogP contribution in [0, 0.1) is 12.8 Å². The van der Waals surface area contributed by atoms with Gasteiger partial charge in [0.05, 0.1) is 5.69 Å². The van der Waals surface area contributed by atoms with Crippen LogP contribution in [0.3, 0.4) is 0 Å². The van der Waals surface area contributed by atoms with Crippen LogP contribution >= 0.6 is 0 Å². The van der Waals surface area contributed by atoms with Crippen molar-refractivity contribution in [2.75, 3.05) is 18.0 Å². The molecule has 1 fully saturated rings. The van der Waals surface area contributed by atoms with Gasteiger partial charge in [-0.25, -0.2) is 0 Å². The van der Waals surface area contributed by atoms with Crippen molar-refractivity contribution < 1.29 is 5.21 Å². The number of rotatable bonds is 5. The average molecular weight is 247 g/mol. The molecule has 0 spiro atoms. The van der Waals surface area contributed by atoms with Gasteiger partial charge in [-0.15, -0.1) is 0 Å². The number of aryl methyl sites for hydroxylation is 1. The molecule has 98 valence electrons. The van der Waals surface area contributed by atoms with E-state index in [0.717, 1.165) is 30.3 Å². The van der Waals surface area contributed by atoms with Gasteiger partial charge in [-0.3, -0.25) is 0 Å². The molecule has 4 heteroatoms. The van der Waals surface area contributed by atoms with E-state index in [1.165, 1.54) is 18.4 Å². The number of nitrogens with zero attached hydrogens (tertiary/aromatic N) is 2. The van der Waals surface area contributed by atoms with Gasteiger partial charge in [0, 0.05) is 18.7 Å². The zero-order chi connectivity index (χ0) is 13.1. The van der Waals surface area contributed by atoms with Crippen molar-refractivity contribution in [2.45, 2.75) is 26.7 Å². The molecule has 0 radical (unpaired) electrons. The maximum Gasteiger partial charge on any atom is 0.172 e. The zero-order valence-corrected chi connectivity index (χ0v) is 11.1. The number of amidine groups is 1. The van der Waals surface area contributed by atoms with Crippen molar-refractivity contribution in [3.63, 3.8) is 0 Å².